The Kier molecular flexibility index (Phi) is 7.13. The lowest BCUT2D eigenvalue weighted by atomic mass is 10.2. The van der Waals surface area contributed by atoms with Gasteiger partial charge >= 0.3 is 0 Å². The molecule has 0 atom stereocenters. The maximum atomic E-state index is 12.9. The second-order valence-electron chi connectivity index (χ2n) is 5.83. The molecule has 0 aliphatic heterocycles. The number of nitro benzene ring substituents is 1. The molecule has 0 saturated heterocycles. The number of rotatable bonds is 9. The van der Waals surface area contributed by atoms with E-state index in [0.29, 0.717) is 11.3 Å². The first-order valence-electron chi connectivity index (χ1n) is 8.69. The van der Waals surface area contributed by atoms with Crippen LogP contribution in [0, 0.1) is 10.1 Å². The number of anilines is 1. The molecule has 0 heterocycles. The van der Waals surface area contributed by atoms with Crippen molar-refractivity contribution in [2.45, 2.75) is 18.7 Å². The van der Waals surface area contributed by atoms with Crippen LogP contribution in [0.25, 0.3) is 0 Å². The van der Waals surface area contributed by atoms with Crippen LogP contribution in [0.5, 0.6) is 11.5 Å². The fourth-order valence-electron chi connectivity index (χ4n) is 2.60. The zero-order chi connectivity index (χ0) is 21.6. The molecule has 0 unspecified atom stereocenters. The maximum absolute atomic E-state index is 12.9. The molecule has 156 valence electrons. The SMILES string of the molecule is CCN(CC)S(=O)(=O)c1cc([N+](=O)[O-])ccc1N/N=C/c1ccc(OC)c(O)c1. The molecule has 10 nitrogen and oxygen atoms in total. The quantitative estimate of drug-likeness (QED) is 0.360. The maximum Gasteiger partial charge on any atom is 0.270 e. The third kappa shape index (κ3) is 5.00. The molecule has 2 rings (SSSR count). The van der Waals surface area contributed by atoms with E-state index in [9.17, 15) is 23.6 Å². The molecular formula is C18H22N4O6S. The van der Waals surface area contributed by atoms with Gasteiger partial charge in [-0.15, -0.1) is 0 Å². The highest BCUT2D eigenvalue weighted by molar-refractivity contribution is 7.89. The summed E-state index contributed by atoms with van der Waals surface area (Å²) < 4.78 is 32.0. The molecule has 0 amide bonds. The molecule has 0 fully saturated rings. The Labute approximate surface area is 168 Å². The number of hydrogen-bond acceptors (Lipinski definition) is 8. The number of sulfonamides is 1. The number of hydrogen-bond donors (Lipinski definition) is 2. The third-order valence-corrected chi connectivity index (χ3v) is 6.19. The molecule has 0 saturated carbocycles. The van der Waals surface area contributed by atoms with E-state index >= 15 is 0 Å². The van der Waals surface area contributed by atoms with E-state index in [4.69, 9.17) is 4.74 Å². The number of benzene rings is 2. The first kappa shape index (κ1) is 22.1. The third-order valence-electron chi connectivity index (χ3n) is 4.10. The number of phenolic OH excluding ortho intramolecular Hbond substituents is 1. The molecule has 0 bridgehead atoms. The molecule has 2 aromatic rings. The number of non-ortho nitro benzene ring substituents is 1. The van der Waals surface area contributed by atoms with E-state index in [1.165, 1.54) is 35.8 Å². The number of methoxy groups -OCH3 is 1. The summed E-state index contributed by atoms with van der Waals surface area (Å²) in [5.41, 5.74) is 2.90. The topological polar surface area (TPSA) is 134 Å². The first-order valence-corrected chi connectivity index (χ1v) is 10.1. The molecule has 0 aliphatic rings. The van der Waals surface area contributed by atoms with Gasteiger partial charge < -0.3 is 9.84 Å². The Morgan fingerprint density at radius 2 is 1.93 bits per heavy atom. The largest absolute Gasteiger partial charge is 0.504 e. The van der Waals surface area contributed by atoms with Crippen LogP contribution in [0.3, 0.4) is 0 Å². The number of hydrazone groups is 1. The van der Waals surface area contributed by atoms with Gasteiger partial charge in [0.2, 0.25) is 10.0 Å². The van der Waals surface area contributed by atoms with E-state index in [1.54, 1.807) is 26.0 Å². The van der Waals surface area contributed by atoms with Crippen LogP contribution in [0.1, 0.15) is 19.4 Å². The summed E-state index contributed by atoms with van der Waals surface area (Å²) in [7, 11) is -2.54. The van der Waals surface area contributed by atoms with Crippen LogP contribution < -0.4 is 10.2 Å². The molecule has 0 spiro atoms. The highest BCUT2D eigenvalue weighted by atomic mass is 32.2. The molecule has 0 radical (unpaired) electrons. The van der Waals surface area contributed by atoms with Gasteiger partial charge in [-0.3, -0.25) is 15.5 Å². The van der Waals surface area contributed by atoms with Gasteiger partial charge in [0.25, 0.3) is 5.69 Å². The van der Waals surface area contributed by atoms with Crippen molar-refractivity contribution in [3.63, 3.8) is 0 Å². The normalized spacial score (nSPS) is 11.7. The van der Waals surface area contributed by atoms with E-state index in [2.05, 4.69) is 10.5 Å². The second kappa shape index (κ2) is 9.34. The lowest BCUT2D eigenvalue weighted by molar-refractivity contribution is -0.385. The molecule has 2 N–H and O–H groups in total. The van der Waals surface area contributed by atoms with Crippen molar-refractivity contribution in [3.05, 3.63) is 52.1 Å². The highest BCUT2D eigenvalue weighted by Gasteiger charge is 2.27. The lowest BCUT2D eigenvalue weighted by Gasteiger charge is -2.20. The van der Waals surface area contributed by atoms with E-state index in [-0.39, 0.29) is 35.1 Å². The lowest BCUT2D eigenvalue weighted by Crippen LogP contribution is -2.31. The van der Waals surface area contributed by atoms with Crippen molar-refractivity contribution in [2.24, 2.45) is 5.10 Å². The van der Waals surface area contributed by atoms with Crippen molar-refractivity contribution >= 4 is 27.6 Å². The number of nitrogens with one attached hydrogen (secondary N) is 1. The summed E-state index contributed by atoms with van der Waals surface area (Å²) in [6.07, 6.45) is 1.37. The number of aromatic hydroxyl groups is 1. The average Bonchev–Trinajstić information content (AvgIpc) is 2.68. The minimum Gasteiger partial charge on any atom is -0.504 e. The minimum absolute atomic E-state index is 0.0726. The van der Waals surface area contributed by atoms with Crippen LogP contribution in [0.2, 0.25) is 0 Å². The predicted molar refractivity (Wildman–Crippen MR) is 109 cm³/mol. The Morgan fingerprint density at radius 1 is 1.24 bits per heavy atom. The molecular weight excluding hydrogens is 400 g/mol. The van der Waals surface area contributed by atoms with Gasteiger partial charge in [-0.25, -0.2) is 8.42 Å². The molecule has 0 aromatic heterocycles. The fourth-order valence-corrected chi connectivity index (χ4v) is 4.22. The summed E-state index contributed by atoms with van der Waals surface area (Å²) in [6, 6.07) is 8.11. The monoisotopic (exact) mass is 422 g/mol. The van der Waals surface area contributed by atoms with Crippen molar-refractivity contribution < 1.29 is 23.2 Å². The zero-order valence-electron chi connectivity index (χ0n) is 16.2. The molecule has 2 aromatic carbocycles. The summed E-state index contributed by atoms with van der Waals surface area (Å²) in [4.78, 5) is 10.2. The predicted octanol–water partition coefficient (Wildman–Crippen LogP) is 2.79. The van der Waals surface area contributed by atoms with Crippen LogP contribution in [0.15, 0.2) is 46.4 Å². The highest BCUT2D eigenvalue weighted by Crippen LogP contribution is 2.29. The smallest absolute Gasteiger partial charge is 0.270 e. The second-order valence-corrected chi connectivity index (χ2v) is 7.73. The Morgan fingerprint density at radius 3 is 2.48 bits per heavy atom. The Balaban J connectivity index is 2.39. The minimum atomic E-state index is -3.96. The van der Waals surface area contributed by atoms with Crippen LogP contribution in [0.4, 0.5) is 11.4 Å². The van der Waals surface area contributed by atoms with Gasteiger partial charge in [-0.1, -0.05) is 13.8 Å². The van der Waals surface area contributed by atoms with Crippen LogP contribution in [-0.2, 0) is 10.0 Å². The molecule has 0 aliphatic carbocycles. The summed E-state index contributed by atoms with van der Waals surface area (Å²) in [5, 5.41) is 24.9. The number of phenols is 1. The van der Waals surface area contributed by atoms with Crippen molar-refractivity contribution in [1.29, 1.82) is 0 Å². The van der Waals surface area contributed by atoms with Gasteiger partial charge in [0.1, 0.15) is 4.90 Å². The van der Waals surface area contributed by atoms with E-state index in [0.717, 1.165) is 6.07 Å². The summed E-state index contributed by atoms with van der Waals surface area (Å²) in [6.45, 7) is 3.80. The van der Waals surface area contributed by atoms with Gasteiger partial charge in [0, 0.05) is 25.2 Å². The van der Waals surface area contributed by atoms with E-state index < -0.39 is 14.9 Å². The zero-order valence-corrected chi connectivity index (χ0v) is 17.0. The van der Waals surface area contributed by atoms with Crippen LogP contribution in [-0.4, -0.2) is 49.2 Å². The standard InChI is InChI=1S/C18H22N4O6S/c1-4-21(5-2)29(26,27)18-11-14(22(24)25)7-8-15(18)20-19-12-13-6-9-17(28-3)16(23)10-13/h6-12,20,23H,4-5H2,1-3H3/b19-12+. The van der Waals surface area contributed by atoms with Crippen molar-refractivity contribution in [1.82, 2.24) is 4.31 Å². The number of nitrogens with zero attached hydrogens (tertiary/aromatic N) is 3. The molecule has 29 heavy (non-hydrogen) atoms. The average molecular weight is 422 g/mol. The molecule has 11 heteroatoms. The van der Waals surface area contributed by atoms with Gasteiger partial charge in [-0.2, -0.15) is 9.41 Å². The summed E-state index contributed by atoms with van der Waals surface area (Å²) in [5.74, 6) is 0.231. The first-order chi connectivity index (χ1) is 13.7. The van der Waals surface area contributed by atoms with Crippen molar-refractivity contribution in [3.8, 4) is 11.5 Å². The summed E-state index contributed by atoms with van der Waals surface area (Å²) >= 11 is 0. The number of ether oxygens (including phenoxy) is 1. The Bertz CT molecular complexity index is 1020. The van der Waals surface area contributed by atoms with Gasteiger partial charge in [0.15, 0.2) is 11.5 Å². The van der Waals surface area contributed by atoms with Crippen molar-refractivity contribution in [2.75, 3.05) is 25.6 Å². The fraction of sp³-hybridized carbons (Fsp3) is 0.278. The van der Waals surface area contributed by atoms with Crippen LogP contribution >= 0.6 is 0 Å². The van der Waals surface area contributed by atoms with Gasteiger partial charge in [0.05, 0.1) is 23.9 Å². The van der Waals surface area contributed by atoms with Gasteiger partial charge in [-0.05, 0) is 29.8 Å². The Hall–Kier alpha value is -3.18. The number of nitro groups is 1. The van der Waals surface area contributed by atoms with E-state index in [1.807, 2.05) is 0 Å².